The third-order valence-corrected chi connectivity index (χ3v) is 4.21. The highest BCUT2D eigenvalue weighted by Gasteiger charge is 2.42. The molecule has 2 unspecified atom stereocenters. The van der Waals surface area contributed by atoms with Crippen molar-refractivity contribution in [3.05, 3.63) is 0 Å². The second-order valence-corrected chi connectivity index (χ2v) is 6.33. The lowest BCUT2D eigenvalue weighted by atomic mass is 9.77. The third-order valence-electron chi connectivity index (χ3n) is 4.21. The van der Waals surface area contributed by atoms with Gasteiger partial charge in [-0.3, -0.25) is 4.79 Å². The summed E-state index contributed by atoms with van der Waals surface area (Å²) in [6, 6.07) is 1.36. The fourth-order valence-electron chi connectivity index (χ4n) is 3.24. The molecule has 0 saturated carbocycles. The zero-order chi connectivity index (χ0) is 11.2. The molecular formula is C13H23NO. The Kier molecular flexibility index (Phi) is 2.66. The van der Waals surface area contributed by atoms with E-state index in [1.165, 1.54) is 12.8 Å². The Morgan fingerprint density at radius 3 is 2.00 bits per heavy atom. The normalized spacial score (nSPS) is 36.9. The zero-order valence-electron chi connectivity index (χ0n) is 10.4. The van der Waals surface area contributed by atoms with Crippen LogP contribution in [-0.4, -0.2) is 29.8 Å². The molecule has 0 aromatic rings. The number of piperidine rings is 1. The smallest absolute Gasteiger partial charge is 0.141 e. The number of rotatable bonds is 1. The lowest BCUT2D eigenvalue weighted by Gasteiger charge is -2.37. The van der Waals surface area contributed by atoms with E-state index < -0.39 is 0 Å². The van der Waals surface area contributed by atoms with Crippen LogP contribution < -0.4 is 0 Å². The molecule has 2 saturated heterocycles. The molecule has 0 aromatic heterocycles. The number of carbonyl (C=O) groups is 1. The zero-order valence-corrected chi connectivity index (χ0v) is 10.4. The van der Waals surface area contributed by atoms with E-state index in [-0.39, 0.29) is 5.41 Å². The van der Waals surface area contributed by atoms with Crippen LogP contribution in [0.3, 0.4) is 0 Å². The molecule has 0 N–H and O–H groups in total. The maximum Gasteiger partial charge on any atom is 0.141 e. The summed E-state index contributed by atoms with van der Waals surface area (Å²) in [5.74, 6) is 0.811. The van der Waals surface area contributed by atoms with Gasteiger partial charge in [0.15, 0.2) is 0 Å². The minimum absolute atomic E-state index is 0.153. The number of carbonyl (C=O) groups excluding carboxylic acids is 1. The Morgan fingerprint density at radius 2 is 1.60 bits per heavy atom. The van der Waals surface area contributed by atoms with E-state index in [1.807, 2.05) is 0 Å². The summed E-state index contributed by atoms with van der Waals surface area (Å²) in [7, 11) is 2.22. The Hall–Kier alpha value is -0.370. The van der Waals surface area contributed by atoms with Gasteiger partial charge in [0, 0.05) is 23.4 Å². The van der Waals surface area contributed by atoms with Crippen molar-refractivity contribution in [2.75, 3.05) is 7.05 Å². The Bertz CT molecular complexity index is 252. The van der Waals surface area contributed by atoms with Crippen LogP contribution in [-0.2, 0) is 4.79 Å². The first-order chi connectivity index (χ1) is 6.89. The fraction of sp³-hybridized carbons (Fsp3) is 0.923. The molecule has 0 aliphatic carbocycles. The first-order valence-corrected chi connectivity index (χ1v) is 6.16. The molecule has 0 amide bonds. The standard InChI is InChI=1S/C13H23NO/c1-13(2,3)12(15)9-7-10-5-6-11(8-9)14(10)4/h9-11H,5-8H2,1-4H3. The predicted molar refractivity (Wildman–Crippen MR) is 61.8 cm³/mol. The Morgan fingerprint density at radius 1 is 1.13 bits per heavy atom. The van der Waals surface area contributed by atoms with Gasteiger partial charge in [0.05, 0.1) is 0 Å². The molecule has 2 atom stereocenters. The molecule has 0 aromatic carbocycles. The van der Waals surface area contributed by atoms with Crippen LogP contribution in [0.4, 0.5) is 0 Å². The van der Waals surface area contributed by atoms with E-state index in [4.69, 9.17) is 0 Å². The van der Waals surface area contributed by atoms with Crippen molar-refractivity contribution in [2.24, 2.45) is 11.3 Å². The van der Waals surface area contributed by atoms with Crippen LogP contribution >= 0.6 is 0 Å². The van der Waals surface area contributed by atoms with Crippen LogP contribution in [0, 0.1) is 11.3 Å². The second-order valence-electron chi connectivity index (χ2n) is 6.33. The SMILES string of the molecule is CN1C2CCC1CC(C(=O)C(C)(C)C)C2. The van der Waals surface area contributed by atoms with Crippen LogP contribution in [0.1, 0.15) is 46.5 Å². The van der Waals surface area contributed by atoms with E-state index >= 15 is 0 Å². The number of Topliss-reactive ketones (excluding diaryl/α,β-unsaturated/α-hetero) is 1. The number of hydrogen-bond donors (Lipinski definition) is 0. The summed E-state index contributed by atoms with van der Waals surface area (Å²) in [5.41, 5.74) is -0.153. The minimum Gasteiger partial charge on any atom is -0.300 e. The van der Waals surface area contributed by atoms with Crippen molar-refractivity contribution in [3.63, 3.8) is 0 Å². The molecule has 15 heavy (non-hydrogen) atoms. The van der Waals surface area contributed by atoms with Gasteiger partial charge in [-0.05, 0) is 32.7 Å². The largest absolute Gasteiger partial charge is 0.300 e. The van der Waals surface area contributed by atoms with Gasteiger partial charge in [-0.1, -0.05) is 20.8 Å². The predicted octanol–water partition coefficient (Wildman–Crippen LogP) is 2.47. The molecule has 2 fully saturated rings. The van der Waals surface area contributed by atoms with Crippen LogP contribution in [0.25, 0.3) is 0 Å². The van der Waals surface area contributed by atoms with E-state index in [9.17, 15) is 4.79 Å². The van der Waals surface area contributed by atoms with Crippen molar-refractivity contribution in [3.8, 4) is 0 Å². The lowest BCUT2D eigenvalue weighted by Crippen LogP contribution is -2.44. The molecule has 2 aliphatic rings. The maximum absolute atomic E-state index is 12.2. The Labute approximate surface area is 93.0 Å². The van der Waals surface area contributed by atoms with E-state index in [0.717, 1.165) is 12.8 Å². The van der Waals surface area contributed by atoms with E-state index in [1.54, 1.807) is 0 Å². The Balaban J connectivity index is 2.06. The van der Waals surface area contributed by atoms with Gasteiger partial charge in [-0.15, -0.1) is 0 Å². The summed E-state index contributed by atoms with van der Waals surface area (Å²) >= 11 is 0. The average Bonchev–Trinajstić information content (AvgIpc) is 2.40. The summed E-state index contributed by atoms with van der Waals surface area (Å²) < 4.78 is 0. The number of ketones is 1. The number of nitrogens with zero attached hydrogens (tertiary/aromatic N) is 1. The van der Waals surface area contributed by atoms with Crippen LogP contribution in [0.2, 0.25) is 0 Å². The highest BCUT2D eigenvalue weighted by Crippen LogP contribution is 2.40. The molecule has 2 aliphatic heterocycles. The van der Waals surface area contributed by atoms with Gasteiger partial charge in [0.2, 0.25) is 0 Å². The van der Waals surface area contributed by atoms with Crippen molar-refractivity contribution >= 4 is 5.78 Å². The first kappa shape index (κ1) is 11.1. The van der Waals surface area contributed by atoms with Gasteiger partial charge < -0.3 is 4.90 Å². The average molecular weight is 209 g/mol. The highest BCUT2D eigenvalue weighted by atomic mass is 16.1. The van der Waals surface area contributed by atoms with Crippen molar-refractivity contribution < 1.29 is 4.79 Å². The molecule has 2 bridgehead atoms. The quantitative estimate of drug-likeness (QED) is 0.661. The molecule has 86 valence electrons. The molecule has 2 rings (SSSR count). The summed E-state index contributed by atoms with van der Waals surface area (Å²) in [5, 5.41) is 0. The third kappa shape index (κ3) is 1.96. The van der Waals surface area contributed by atoms with Gasteiger partial charge >= 0.3 is 0 Å². The summed E-state index contributed by atoms with van der Waals surface area (Å²) in [4.78, 5) is 14.7. The van der Waals surface area contributed by atoms with Gasteiger partial charge in [-0.25, -0.2) is 0 Å². The number of hydrogen-bond acceptors (Lipinski definition) is 2. The maximum atomic E-state index is 12.2. The summed E-state index contributed by atoms with van der Waals surface area (Å²) in [6.45, 7) is 6.15. The molecule has 0 radical (unpaired) electrons. The topological polar surface area (TPSA) is 20.3 Å². The van der Waals surface area contributed by atoms with Crippen molar-refractivity contribution in [1.29, 1.82) is 0 Å². The monoisotopic (exact) mass is 209 g/mol. The van der Waals surface area contributed by atoms with E-state index in [2.05, 4.69) is 32.7 Å². The first-order valence-electron chi connectivity index (χ1n) is 6.16. The molecule has 2 heteroatoms. The van der Waals surface area contributed by atoms with Gasteiger partial charge in [0.25, 0.3) is 0 Å². The minimum atomic E-state index is -0.153. The molecule has 0 spiro atoms. The van der Waals surface area contributed by atoms with Crippen molar-refractivity contribution in [1.82, 2.24) is 4.90 Å². The van der Waals surface area contributed by atoms with Gasteiger partial charge in [0.1, 0.15) is 5.78 Å². The van der Waals surface area contributed by atoms with Crippen molar-refractivity contribution in [2.45, 2.75) is 58.5 Å². The van der Waals surface area contributed by atoms with Crippen LogP contribution in [0.15, 0.2) is 0 Å². The molecular weight excluding hydrogens is 186 g/mol. The number of fused-ring (bicyclic) bond motifs is 2. The fourth-order valence-corrected chi connectivity index (χ4v) is 3.24. The van der Waals surface area contributed by atoms with E-state index in [0.29, 0.717) is 23.8 Å². The van der Waals surface area contributed by atoms with Crippen LogP contribution in [0.5, 0.6) is 0 Å². The highest BCUT2D eigenvalue weighted by molar-refractivity contribution is 5.86. The molecule has 2 nitrogen and oxygen atoms in total. The summed E-state index contributed by atoms with van der Waals surface area (Å²) in [6.07, 6.45) is 4.80. The molecule has 2 heterocycles. The van der Waals surface area contributed by atoms with Gasteiger partial charge in [-0.2, -0.15) is 0 Å². The lowest BCUT2D eigenvalue weighted by molar-refractivity contribution is -0.132. The second kappa shape index (κ2) is 3.58.